The lowest BCUT2D eigenvalue weighted by Gasteiger charge is -2.21. The summed E-state index contributed by atoms with van der Waals surface area (Å²) in [6.07, 6.45) is 0. The highest BCUT2D eigenvalue weighted by atomic mass is 127. The molecule has 132 valence electrons. The number of aryl methyl sites for hydroxylation is 1. The molecule has 0 spiro atoms. The van der Waals surface area contributed by atoms with Gasteiger partial charge in [0.25, 0.3) is 0 Å². The van der Waals surface area contributed by atoms with Crippen molar-refractivity contribution in [2.75, 3.05) is 20.7 Å². The van der Waals surface area contributed by atoms with Gasteiger partial charge in [-0.05, 0) is 19.9 Å². The number of hydrogen-bond acceptors (Lipinski definition) is 4. The Bertz CT molecular complexity index is 660. The summed E-state index contributed by atoms with van der Waals surface area (Å²) in [5.74, 6) is 1.73. The minimum absolute atomic E-state index is 0. The highest BCUT2D eigenvalue weighted by Gasteiger charge is 2.09. The number of aromatic nitrogens is 1. The van der Waals surface area contributed by atoms with E-state index < -0.39 is 0 Å². The molecule has 0 saturated heterocycles. The molecule has 0 bridgehead atoms. The molecular weight excluding hydrogens is 435 g/mol. The second kappa shape index (κ2) is 10.5. The van der Waals surface area contributed by atoms with Crippen LogP contribution in [0.3, 0.4) is 0 Å². The molecule has 1 N–H and O–H groups in total. The number of guanidine groups is 1. The molecule has 7 heteroatoms. The molecule has 5 nitrogen and oxygen atoms in total. The fourth-order valence-electron chi connectivity index (χ4n) is 2.26. The summed E-state index contributed by atoms with van der Waals surface area (Å²) in [6, 6.07) is 7.96. The fraction of sp³-hybridized carbons (Fsp3) is 0.412. The molecule has 2 rings (SSSR count). The van der Waals surface area contributed by atoms with Gasteiger partial charge in [0.15, 0.2) is 5.96 Å². The number of hydrogen-bond donors (Lipinski definition) is 1. The van der Waals surface area contributed by atoms with E-state index in [9.17, 15) is 0 Å². The van der Waals surface area contributed by atoms with Crippen LogP contribution < -0.4 is 10.1 Å². The molecule has 0 fully saturated rings. The van der Waals surface area contributed by atoms with E-state index in [1.807, 2.05) is 38.2 Å². The van der Waals surface area contributed by atoms with Gasteiger partial charge in [-0.2, -0.15) is 0 Å². The Hall–Kier alpha value is -1.35. The van der Waals surface area contributed by atoms with Crippen LogP contribution in [0, 0.1) is 6.92 Å². The monoisotopic (exact) mass is 460 g/mol. The molecule has 0 saturated carbocycles. The van der Waals surface area contributed by atoms with Gasteiger partial charge in [0.05, 0.1) is 30.9 Å². The van der Waals surface area contributed by atoms with Gasteiger partial charge in [-0.1, -0.05) is 18.2 Å². The predicted molar refractivity (Wildman–Crippen MR) is 112 cm³/mol. The molecule has 0 aliphatic heterocycles. The largest absolute Gasteiger partial charge is 0.496 e. The van der Waals surface area contributed by atoms with E-state index in [1.165, 1.54) is 0 Å². The minimum atomic E-state index is 0. The number of nitrogens with one attached hydrogen (secondary N) is 1. The van der Waals surface area contributed by atoms with Crippen LogP contribution in [-0.4, -0.2) is 36.5 Å². The van der Waals surface area contributed by atoms with Crippen molar-refractivity contribution in [2.45, 2.75) is 26.9 Å². The smallest absolute Gasteiger partial charge is 0.194 e. The summed E-state index contributed by atoms with van der Waals surface area (Å²) < 4.78 is 5.38. The molecule has 0 amide bonds. The lowest BCUT2D eigenvalue weighted by atomic mass is 10.2. The molecule has 1 aromatic carbocycles. The maximum absolute atomic E-state index is 5.38. The average Bonchev–Trinajstić information content (AvgIpc) is 2.96. The van der Waals surface area contributed by atoms with E-state index in [0.717, 1.165) is 41.1 Å². The number of thiazole rings is 1. The number of nitrogens with zero attached hydrogens (tertiary/aromatic N) is 3. The van der Waals surface area contributed by atoms with Crippen molar-refractivity contribution < 1.29 is 4.74 Å². The maximum atomic E-state index is 5.38. The minimum Gasteiger partial charge on any atom is -0.496 e. The summed E-state index contributed by atoms with van der Waals surface area (Å²) in [6.45, 7) is 6.23. The van der Waals surface area contributed by atoms with E-state index in [0.29, 0.717) is 6.54 Å². The van der Waals surface area contributed by atoms with Gasteiger partial charge in [0, 0.05) is 24.5 Å². The first kappa shape index (κ1) is 20.7. The first-order chi connectivity index (χ1) is 11.1. The van der Waals surface area contributed by atoms with Gasteiger partial charge >= 0.3 is 0 Å². The Morgan fingerprint density at radius 2 is 2.12 bits per heavy atom. The van der Waals surface area contributed by atoms with Gasteiger partial charge < -0.3 is 15.0 Å². The Labute approximate surface area is 165 Å². The van der Waals surface area contributed by atoms with Gasteiger partial charge in [-0.3, -0.25) is 0 Å². The quantitative estimate of drug-likeness (QED) is 0.406. The molecule has 0 atom stereocenters. The second-order valence-electron chi connectivity index (χ2n) is 5.20. The standard InChI is InChI=1S/C17H24N4OS.HI/c1-5-18-17(21(3)11-15-12-23-13(2)20-15)19-10-14-8-6-7-9-16(14)22-4;/h6-9,12H,5,10-11H2,1-4H3,(H,18,19);1H. The van der Waals surface area contributed by atoms with Crippen molar-refractivity contribution in [2.24, 2.45) is 4.99 Å². The first-order valence-corrected chi connectivity index (χ1v) is 8.54. The van der Waals surface area contributed by atoms with Gasteiger partial charge in [0.2, 0.25) is 0 Å². The summed E-state index contributed by atoms with van der Waals surface area (Å²) in [7, 11) is 3.71. The van der Waals surface area contributed by atoms with Crippen LogP contribution in [0.15, 0.2) is 34.6 Å². The molecule has 0 radical (unpaired) electrons. The van der Waals surface area contributed by atoms with E-state index in [4.69, 9.17) is 9.73 Å². The fourth-order valence-corrected chi connectivity index (χ4v) is 2.87. The van der Waals surface area contributed by atoms with Crippen LogP contribution in [-0.2, 0) is 13.1 Å². The molecule has 0 aliphatic carbocycles. The van der Waals surface area contributed by atoms with Crippen LogP contribution in [0.2, 0.25) is 0 Å². The third kappa shape index (κ3) is 5.94. The van der Waals surface area contributed by atoms with E-state index in [-0.39, 0.29) is 24.0 Å². The average molecular weight is 460 g/mol. The van der Waals surface area contributed by atoms with Gasteiger partial charge in [0.1, 0.15) is 5.75 Å². The Kier molecular flexibility index (Phi) is 9.05. The molecule has 0 unspecified atom stereocenters. The second-order valence-corrected chi connectivity index (χ2v) is 6.26. The first-order valence-electron chi connectivity index (χ1n) is 7.66. The lowest BCUT2D eigenvalue weighted by Crippen LogP contribution is -2.38. The Morgan fingerprint density at radius 1 is 1.38 bits per heavy atom. The van der Waals surface area contributed by atoms with Crippen LogP contribution in [0.25, 0.3) is 0 Å². The third-order valence-electron chi connectivity index (χ3n) is 3.35. The van der Waals surface area contributed by atoms with Crippen molar-refractivity contribution in [3.05, 3.63) is 45.9 Å². The van der Waals surface area contributed by atoms with E-state index >= 15 is 0 Å². The number of para-hydroxylation sites is 1. The zero-order chi connectivity index (χ0) is 16.7. The summed E-state index contributed by atoms with van der Waals surface area (Å²) in [5.41, 5.74) is 2.14. The molecule has 24 heavy (non-hydrogen) atoms. The summed E-state index contributed by atoms with van der Waals surface area (Å²) >= 11 is 1.67. The lowest BCUT2D eigenvalue weighted by molar-refractivity contribution is 0.409. The van der Waals surface area contributed by atoms with E-state index in [1.54, 1.807) is 18.4 Å². The van der Waals surface area contributed by atoms with Crippen molar-refractivity contribution >= 4 is 41.3 Å². The summed E-state index contributed by atoms with van der Waals surface area (Å²) in [5, 5.41) is 6.51. The SMILES string of the molecule is CCNC(=NCc1ccccc1OC)N(C)Cc1csc(C)n1.I. The van der Waals surface area contributed by atoms with Crippen LogP contribution in [0.1, 0.15) is 23.2 Å². The topological polar surface area (TPSA) is 49.8 Å². The highest BCUT2D eigenvalue weighted by Crippen LogP contribution is 2.18. The number of rotatable bonds is 6. The molecule has 1 heterocycles. The van der Waals surface area contributed by atoms with Crippen LogP contribution in [0.5, 0.6) is 5.75 Å². The zero-order valence-corrected chi connectivity index (χ0v) is 17.7. The van der Waals surface area contributed by atoms with Gasteiger partial charge in [-0.25, -0.2) is 9.98 Å². The molecule has 1 aromatic heterocycles. The number of halogens is 1. The summed E-state index contributed by atoms with van der Waals surface area (Å²) in [4.78, 5) is 11.3. The molecule has 0 aliphatic rings. The van der Waals surface area contributed by atoms with Crippen molar-refractivity contribution in [1.29, 1.82) is 0 Å². The highest BCUT2D eigenvalue weighted by molar-refractivity contribution is 14.0. The maximum Gasteiger partial charge on any atom is 0.194 e. The van der Waals surface area contributed by atoms with Crippen molar-refractivity contribution in [3.63, 3.8) is 0 Å². The third-order valence-corrected chi connectivity index (χ3v) is 4.18. The normalized spacial score (nSPS) is 10.9. The Morgan fingerprint density at radius 3 is 2.75 bits per heavy atom. The van der Waals surface area contributed by atoms with E-state index in [2.05, 4.69) is 27.5 Å². The van der Waals surface area contributed by atoms with Crippen LogP contribution >= 0.6 is 35.3 Å². The number of benzene rings is 1. The van der Waals surface area contributed by atoms with Crippen LogP contribution in [0.4, 0.5) is 0 Å². The zero-order valence-electron chi connectivity index (χ0n) is 14.6. The Balaban J connectivity index is 0.00000288. The number of methoxy groups -OCH3 is 1. The van der Waals surface area contributed by atoms with Crippen molar-refractivity contribution in [3.8, 4) is 5.75 Å². The van der Waals surface area contributed by atoms with Crippen molar-refractivity contribution in [1.82, 2.24) is 15.2 Å². The molecular formula is C17H25IN4OS. The number of ether oxygens (including phenoxy) is 1. The molecule has 2 aromatic rings. The van der Waals surface area contributed by atoms with Gasteiger partial charge in [-0.15, -0.1) is 35.3 Å². The predicted octanol–water partition coefficient (Wildman–Crippen LogP) is 3.68. The number of aliphatic imine (C=N–C) groups is 1.